The van der Waals surface area contributed by atoms with Gasteiger partial charge >= 0.3 is 0 Å². The van der Waals surface area contributed by atoms with Crippen LogP contribution < -0.4 is 10.6 Å². The lowest BCUT2D eigenvalue weighted by atomic mass is 10.0. The Labute approximate surface area is 161 Å². The number of nitrogens with one attached hydrogen (secondary N) is 2. The molecular formula is C20H33N3O4. The number of carbonyl (C=O) groups excluding carboxylic acids is 2. The van der Waals surface area contributed by atoms with E-state index in [0.29, 0.717) is 12.5 Å². The van der Waals surface area contributed by atoms with Gasteiger partial charge in [-0.1, -0.05) is 27.7 Å². The zero-order valence-electron chi connectivity index (χ0n) is 16.9. The number of ether oxygens (including phenoxy) is 1. The van der Waals surface area contributed by atoms with Crippen LogP contribution in [0.4, 0.5) is 0 Å². The quantitative estimate of drug-likeness (QED) is 0.685. The summed E-state index contributed by atoms with van der Waals surface area (Å²) in [6.45, 7) is 12.0. The molecule has 2 atom stereocenters. The van der Waals surface area contributed by atoms with Crippen LogP contribution >= 0.6 is 0 Å². The summed E-state index contributed by atoms with van der Waals surface area (Å²) >= 11 is 0. The molecule has 0 aliphatic carbocycles. The number of furan rings is 1. The summed E-state index contributed by atoms with van der Waals surface area (Å²) in [5, 5.41) is 5.84. The van der Waals surface area contributed by atoms with E-state index in [1.165, 1.54) is 6.26 Å². The number of hydrogen-bond donors (Lipinski definition) is 2. The minimum Gasteiger partial charge on any atom is -0.459 e. The third kappa shape index (κ3) is 6.66. The number of rotatable bonds is 9. The number of hydrogen-bond acceptors (Lipinski definition) is 5. The Hall–Kier alpha value is -1.86. The van der Waals surface area contributed by atoms with Gasteiger partial charge in [0, 0.05) is 25.7 Å². The Morgan fingerprint density at radius 1 is 1.19 bits per heavy atom. The third-order valence-corrected chi connectivity index (χ3v) is 4.80. The molecule has 7 heteroatoms. The Bertz CT molecular complexity index is 580. The molecular weight excluding hydrogens is 346 g/mol. The Morgan fingerprint density at radius 3 is 2.44 bits per heavy atom. The minimum atomic E-state index is -0.605. The van der Waals surface area contributed by atoms with Gasteiger partial charge in [-0.3, -0.25) is 14.5 Å². The molecule has 2 N–H and O–H groups in total. The molecule has 152 valence electrons. The van der Waals surface area contributed by atoms with Crippen molar-refractivity contribution in [1.29, 1.82) is 0 Å². The molecule has 1 aliphatic heterocycles. The zero-order valence-corrected chi connectivity index (χ0v) is 16.9. The molecule has 2 unspecified atom stereocenters. The fraction of sp³-hybridized carbons (Fsp3) is 0.700. The minimum absolute atomic E-state index is 0.0316. The summed E-state index contributed by atoms with van der Waals surface area (Å²) < 4.78 is 10.6. The topological polar surface area (TPSA) is 83.8 Å². The van der Waals surface area contributed by atoms with Gasteiger partial charge < -0.3 is 19.8 Å². The number of nitrogens with zero attached hydrogens (tertiary/aromatic N) is 1. The lowest BCUT2D eigenvalue weighted by Gasteiger charge is -2.36. The van der Waals surface area contributed by atoms with Crippen LogP contribution in [0.3, 0.4) is 0 Å². The molecule has 27 heavy (non-hydrogen) atoms. The lowest BCUT2D eigenvalue weighted by Crippen LogP contribution is -2.54. The van der Waals surface area contributed by atoms with E-state index in [1.54, 1.807) is 12.1 Å². The van der Waals surface area contributed by atoms with Crippen molar-refractivity contribution in [3.8, 4) is 0 Å². The summed E-state index contributed by atoms with van der Waals surface area (Å²) in [7, 11) is 0. The summed E-state index contributed by atoms with van der Waals surface area (Å²) in [6, 6.07) is 2.90. The molecule has 0 spiro atoms. The lowest BCUT2D eigenvalue weighted by molar-refractivity contribution is -0.124. The molecule has 0 radical (unpaired) electrons. The second-order valence-corrected chi connectivity index (χ2v) is 7.85. The number of morpholine rings is 1. The Kier molecular flexibility index (Phi) is 8.31. The van der Waals surface area contributed by atoms with Crippen LogP contribution in [0.15, 0.2) is 22.8 Å². The first-order valence-corrected chi connectivity index (χ1v) is 9.82. The predicted octanol–water partition coefficient (Wildman–Crippen LogP) is 1.90. The molecule has 1 saturated heterocycles. The molecule has 1 aromatic heterocycles. The van der Waals surface area contributed by atoms with Crippen LogP contribution in [0, 0.1) is 11.8 Å². The zero-order chi connectivity index (χ0) is 19.8. The van der Waals surface area contributed by atoms with Crippen molar-refractivity contribution in [1.82, 2.24) is 15.5 Å². The molecule has 0 bridgehead atoms. The predicted molar refractivity (Wildman–Crippen MR) is 103 cm³/mol. The van der Waals surface area contributed by atoms with Crippen molar-refractivity contribution in [3.63, 3.8) is 0 Å². The number of amides is 2. The van der Waals surface area contributed by atoms with Crippen molar-refractivity contribution >= 4 is 11.8 Å². The van der Waals surface area contributed by atoms with Gasteiger partial charge in [0.2, 0.25) is 5.91 Å². The van der Waals surface area contributed by atoms with Gasteiger partial charge in [0.25, 0.3) is 5.91 Å². The van der Waals surface area contributed by atoms with Crippen LogP contribution in [0.5, 0.6) is 0 Å². The monoisotopic (exact) mass is 379 g/mol. The van der Waals surface area contributed by atoms with Gasteiger partial charge in [-0.25, -0.2) is 0 Å². The summed E-state index contributed by atoms with van der Waals surface area (Å²) in [4.78, 5) is 27.4. The first-order chi connectivity index (χ1) is 12.9. The van der Waals surface area contributed by atoms with Crippen LogP contribution in [-0.4, -0.2) is 61.6 Å². The second kappa shape index (κ2) is 10.5. The first-order valence-electron chi connectivity index (χ1n) is 9.82. The fourth-order valence-corrected chi connectivity index (χ4v) is 3.33. The Morgan fingerprint density at radius 2 is 1.89 bits per heavy atom. The first kappa shape index (κ1) is 21.4. The van der Waals surface area contributed by atoms with Gasteiger partial charge in [-0.05, 0) is 30.4 Å². The molecule has 7 nitrogen and oxygen atoms in total. The molecule has 1 aromatic rings. The molecule has 0 aromatic carbocycles. The van der Waals surface area contributed by atoms with E-state index in [4.69, 9.17) is 9.15 Å². The largest absolute Gasteiger partial charge is 0.459 e. The third-order valence-electron chi connectivity index (χ3n) is 4.80. The molecule has 2 rings (SSSR count). The van der Waals surface area contributed by atoms with Crippen molar-refractivity contribution in [2.24, 2.45) is 11.8 Å². The van der Waals surface area contributed by atoms with E-state index < -0.39 is 6.04 Å². The van der Waals surface area contributed by atoms with Gasteiger partial charge in [0.1, 0.15) is 6.04 Å². The SMILES string of the molecule is CC(C)CC(CNC(=O)C(NC(=O)c1ccco1)C(C)C)N1CCOCC1. The smallest absolute Gasteiger partial charge is 0.287 e. The molecule has 2 heterocycles. The highest BCUT2D eigenvalue weighted by Crippen LogP contribution is 2.13. The van der Waals surface area contributed by atoms with Crippen LogP contribution in [0.25, 0.3) is 0 Å². The highest BCUT2D eigenvalue weighted by Gasteiger charge is 2.28. The maximum Gasteiger partial charge on any atom is 0.287 e. The van der Waals surface area contributed by atoms with Crippen LogP contribution in [-0.2, 0) is 9.53 Å². The summed E-state index contributed by atoms with van der Waals surface area (Å²) in [6.07, 6.45) is 2.45. The van der Waals surface area contributed by atoms with Gasteiger partial charge in [0.05, 0.1) is 19.5 Å². The maximum absolute atomic E-state index is 12.8. The van der Waals surface area contributed by atoms with E-state index in [0.717, 1.165) is 32.7 Å². The summed E-state index contributed by atoms with van der Waals surface area (Å²) in [5.74, 6) is 0.178. The van der Waals surface area contributed by atoms with E-state index in [2.05, 4.69) is 29.4 Å². The van der Waals surface area contributed by atoms with Crippen molar-refractivity contribution in [2.75, 3.05) is 32.8 Å². The van der Waals surface area contributed by atoms with E-state index >= 15 is 0 Å². The van der Waals surface area contributed by atoms with E-state index in [9.17, 15) is 9.59 Å². The average molecular weight is 380 g/mol. The second-order valence-electron chi connectivity index (χ2n) is 7.85. The highest BCUT2D eigenvalue weighted by atomic mass is 16.5. The van der Waals surface area contributed by atoms with E-state index in [-0.39, 0.29) is 29.5 Å². The summed E-state index contributed by atoms with van der Waals surface area (Å²) in [5.41, 5.74) is 0. The fourth-order valence-electron chi connectivity index (χ4n) is 3.33. The molecule has 1 fully saturated rings. The van der Waals surface area contributed by atoms with Gasteiger partial charge in [0.15, 0.2) is 5.76 Å². The highest BCUT2D eigenvalue weighted by molar-refractivity contribution is 5.95. The number of carbonyl (C=O) groups is 2. The maximum atomic E-state index is 12.8. The van der Waals surface area contributed by atoms with Crippen molar-refractivity contribution in [2.45, 2.75) is 46.2 Å². The van der Waals surface area contributed by atoms with Crippen LogP contribution in [0.2, 0.25) is 0 Å². The van der Waals surface area contributed by atoms with Crippen LogP contribution in [0.1, 0.15) is 44.7 Å². The molecule has 0 saturated carbocycles. The average Bonchev–Trinajstić information content (AvgIpc) is 3.17. The molecule has 1 aliphatic rings. The Balaban J connectivity index is 1.94. The standard InChI is InChI=1S/C20H33N3O4/c1-14(2)12-16(23-7-10-26-11-8-23)13-21-20(25)18(15(3)4)22-19(24)17-6-5-9-27-17/h5-6,9,14-16,18H,7-8,10-13H2,1-4H3,(H,21,25)(H,22,24). The normalized spacial score (nSPS) is 17.7. The molecule has 2 amide bonds. The van der Waals surface area contributed by atoms with Gasteiger partial charge in [-0.2, -0.15) is 0 Å². The van der Waals surface area contributed by atoms with Crippen molar-refractivity contribution < 1.29 is 18.7 Å². The van der Waals surface area contributed by atoms with Crippen molar-refractivity contribution in [3.05, 3.63) is 24.2 Å². The van der Waals surface area contributed by atoms with Gasteiger partial charge in [-0.15, -0.1) is 0 Å². The van der Waals surface area contributed by atoms with E-state index in [1.807, 2.05) is 13.8 Å².